The van der Waals surface area contributed by atoms with E-state index in [4.69, 9.17) is 0 Å². The maximum atomic E-state index is 2.23. The monoisotopic (exact) mass is 206 g/mol. The van der Waals surface area contributed by atoms with Crippen LogP contribution in [0.15, 0.2) is 48.5 Å². The molecule has 2 aromatic rings. The van der Waals surface area contributed by atoms with E-state index >= 15 is 0 Å². The first kappa shape index (κ1) is 9.41. The minimum atomic E-state index is 1.13. The largest absolute Gasteiger partial charge is 0.0584 e. The number of hydrogen-bond donors (Lipinski definition) is 0. The lowest BCUT2D eigenvalue weighted by Gasteiger charge is -2.05. The van der Waals surface area contributed by atoms with Gasteiger partial charge in [0.1, 0.15) is 0 Å². The Labute approximate surface area is 96.3 Å². The first-order valence-corrected chi connectivity index (χ1v) is 5.76. The third kappa shape index (κ3) is 1.92. The van der Waals surface area contributed by atoms with Crippen molar-refractivity contribution in [3.63, 3.8) is 0 Å². The van der Waals surface area contributed by atoms with E-state index in [1.165, 1.54) is 22.3 Å². The molecule has 0 fully saturated rings. The lowest BCUT2D eigenvalue weighted by atomic mass is 10.0. The predicted molar refractivity (Wildman–Crippen MR) is 69.2 cm³/mol. The normalized spacial score (nSPS) is 13.5. The molecule has 0 spiro atoms. The van der Waals surface area contributed by atoms with Gasteiger partial charge in [-0.05, 0) is 35.1 Å². The van der Waals surface area contributed by atoms with Gasteiger partial charge >= 0.3 is 0 Å². The van der Waals surface area contributed by atoms with Gasteiger partial charge in [0.05, 0.1) is 0 Å². The molecule has 0 radical (unpaired) electrons. The number of rotatable bonds is 0. The molecule has 0 saturated heterocycles. The van der Waals surface area contributed by atoms with Gasteiger partial charge in [0.15, 0.2) is 0 Å². The number of hydrogen-bond acceptors (Lipinski definition) is 0. The predicted octanol–water partition coefficient (Wildman–Crippen LogP) is 3.96. The van der Waals surface area contributed by atoms with Crippen molar-refractivity contribution in [2.24, 2.45) is 0 Å². The van der Waals surface area contributed by atoms with E-state index < -0.39 is 0 Å². The summed E-state index contributed by atoms with van der Waals surface area (Å²) in [6.45, 7) is 0. The molecule has 0 heterocycles. The quantitative estimate of drug-likeness (QED) is 0.612. The van der Waals surface area contributed by atoms with E-state index in [1.807, 2.05) is 0 Å². The van der Waals surface area contributed by atoms with Crippen LogP contribution >= 0.6 is 0 Å². The molecule has 6 rings (SSSR count). The van der Waals surface area contributed by atoms with Crippen LogP contribution in [0.4, 0.5) is 0 Å². The summed E-state index contributed by atoms with van der Waals surface area (Å²) in [7, 11) is 0. The standard InChI is InChI=1S/C16H14/c1-2-14-4-3-13(1)9-10-15-5-7-16(8-6-15)12-11-14/h1-10H,11-12H2. The van der Waals surface area contributed by atoms with Crippen LogP contribution in [0, 0.1) is 0 Å². The van der Waals surface area contributed by atoms with E-state index in [-0.39, 0.29) is 0 Å². The van der Waals surface area contributed by atoms with E-state index in [1.54, 1.807) is 0 Å². The summed E-state index contributed by atoms with van der Waals surface area (Å²) in [5.41, 5.74) is 5.38. The van der Waals surface area contributed by atoms with Gasteiger partial charge in [-0.25, -0.2) is 0 Å². The molecule has 4 aliphatic rings. The van der Waals surface area contributed by atoms with Crippen molar-refractivity contribution in [2.75, 3.05) is 0 Å². The van der Waals surface area contributed by atoms with Gasteiger partial charge in [-0.2, -0.15) is 0 Å². The number of aryl methyl sites for hydroxylation is 2. The van der Waals surface area contributed by atoms with E-state index in [0.29, 0.717) is 0 Å². The van der Waals surface area contributed by atoms with Gasteiger partial charge in [-0.3, -0.25) is 0 Å². The van der Waals surface area contributed by atoms with Crippen LogP contribution in [-0.4, -0.2) is 0 Å². The third-order valence-electron chi connectivity index (χ3n) is 3.13. The van der Waals surface area contributed by atoms with Crippen LogP contribution < -0.4 is 0 Å². The zero-order valence-electron chi connectivity index (χ0n) is 9.19. The molecule has 0 atom stereocenters. The number of benzene rings is 2. The Morgan fingerprint density at radius 2 is 0.875 bits per heavy atom. The van der Waals surface area contributed by atoms with Gasteiger partial charge < -0.3 is 0 Å². The Bertz CT molecular complexity index is 451. The van der Waals surface area contributed by atoms with Crippen LogP contribution in [-0.2, 0) is 12.8 Å². The second kappa shape index (κ2) is 3.97. The second-order valence-corrected chi connectivity index (χ2v) is 4.32. The molecule has 4 aliphatic carbocycles. The van der Waals surface area contributed by atoms with Crippen molar-refractivity contribution >= 4 is 12.2 Å². The molecule has 0 unspecified atom stereocenters. The highest BCUT2D eigenvalue weighted by Crippen LogP contribution is 2.15. The summed E-state index contributed by atoms with van der Waals surface area (Å²) in [5.74, 6) is 0. The van der Waals surface area contributed by atoms with Crippen molar-refractivity contribution < 1.29 is 0 Å². The smallest absolute Gasteiger partial charge is 0.0238 e. The molecule has 78 valence electrons. The summed E-state index contributed by atoms with van der Waals surface area (Å²) < 4.78 is 0. The summed E-state index contributed by atoms with van der Waals surface area (Å²) in [6.07, 6.45) is 6.59. The molecule has 0 N–H and O–H groups in total. The fourth-order valence-corrected chi connectivity index (χ4v) is 2.07. The fourth-order valence-electron chi connectivity index (χ4n) is 2.07. The lowest BCUT2D eigenvalue weighted by Crippen LogP contribution is -1.92. The molecule has 0 amide bonds. The van der Waals surface area contributed by atoms with Crippen molar-refractivity contribution in [1.29, 1.82) is 0 Å². The topological polar surface area (TPSA) is 0 Å². The fraction of sp³-hybridized carbons (Fsp3) is 0.125. The Kier molecular flexibility index (Phi) is 2.34. The van der Waals surface area contributed by atoms with Crippen molar-refractivity contribution in [1.82, 2.24) is 0 Å². The first-order chi connectivity index (χ1) is 7.90. The molecule has 0 aliphatic heterocycles. The zero-order valence-corrected chi connectivity index (χ0v) is 9.19. The molecule has 16 heavy (non-hydrogen) atoms. The molecule has 0 saturated carbocycles. The maximum Gasteiger partial charge on any atom is -0.0238 e. The lowest BCUT2D eigenvalue weighted by molar-refractivity contribution is 0.960. The summed E-state index contributed by atoms with van der Waals surface area (Å²) in [4.78, 5) is 0. The maximum absolute atomic E-state index is 2.23. The molecular formula is C16H14. The Morgan fingerprint density at radius 1 is 0.500 bits per heavy atom. The molecule has 0 aromatic heterocycles. The van der Waals surface area contributed by atoms with Crippen molar-refractivity contribution in [3.8, 4) is 0 Å². The SMILES string of the molecule is C1=Cc2ccc(cc2)CCc2ccc1cc2. The molecule has 4 bridgehead atoms. The average molecular weight is 206 g/mol. The van der Waals surface area contributed by atoms with E-state index in [0.717, 1.165) is 12.8 Å². The average Bonchev–Trinajstić information content (AvgIpc) is 2.33. The highest BCUT2D eigenvalue weighted by molar-refractivity contribution is 5.69. The van der Waals surface area contributed by atoms with Gasteiger partial charge in [0.2, 0.25) is 0 Å². The van der Waals surface area contributed by atoms with Gasteiger partial charge in [0.25, 0.3) is 0 Å². The van der Waals surface area contributed by atoms with Crippen LogP contribution in [0.3, 0.4) is 0 Å². The van der Waals surface area contributed by atoms with Crippen molar-refractivity contribution in [2.45, 2.75) is 12.8 Å². The van der Waals surface area contributed by atoms with E-state index in [2.05, 4.69) is 60.7 Å². The van der Waals surface area contributed by atoms with Crippen LogP contribution in [0.2, 0.25) is 0 Å². The Hall–Kier alpha value is -1.82. The molecule has 0 nitrogen and oxygen atoms in total. The second-order valence-electron chi connectivity index (χ2n) is 4.32. The Morgan fingerprint density at radius 3 is 1.25 bits per heavy atom. The summed E-state index contributed by atoms with van der Waals surface area (Å²) in [6, 6.07) is 17.7. The summed E-state index contributed by atoms with van der Waals surface area (Å²) >= 11 is 0. The summed E-state index contributed by atoms with van der Waals surface area (Å²) in [5, 5.41) is 0. The van der Waals surface area contributed by atoms with Crippen LogP contribution in [0.5, 0.6) is 0 Å². The first-order valence-electron chi connectivity index (χ1n) is 5.76. The van der Waals surface area contributed by atoms with Gasteiger partial charge in [-0.15, -0.1) is 0 Å². The minimum Gasteiger partial charge on any atom is -0.0584 e. The highest BCUT2D eigenvalue weighted by atomic mass is 14.0. The molecule has 2 aromatic carbocycles. The van der Waals surface area contributed by atoms with Crippen molar-refractivity contribution in [3.05, 3.63) is 70.8 Å². The highest BCUT2D eigenvalue weighted by Gasteiger charge is 1.98. The van der Waals surface area contributed by atoms with Gasteiger partial charge in [-0.1, -0.05) is 60.7 Å². The third-order valence-corrected chi connectivity index (χ3v) is 3.13. The minimum absolute atomic E-state index is 1.13. The molecule has 0 heteroatoms. The van der Waals surface area contributed by atoms with Gasteiger partial charge in [0, 0.05) is 0 Å². The van der Waals surface area contributed by atoms with Crippen LogP contribution in [0.1, 0.15) is 22.3 Å². The molecular weight excluding hydrogens is 192 g/mol. The Balaban J connectivity index is 2.09. The van der Waals surface area contributed by atoms with Crippen LogP contribution in [0.25, 0.3) is 12.2 Å². The zero-order chi connectivity index (χ0) is 10.8. The van der Waals surface area contributed by atoms with E-state index in [9.17, 15) is 0 Å².